The molecule has 1 atom stereocenters. The topological polar surface area (TPSA) is 110 Å². The van der Waals surface area contributed by atoms with Gasteiger partial charge in [0.2, 0.25) is 5.78 Å². The van der Waals surface area contributed by atoms with Gasteiger partial charge in [-0.3, -0.25) is 24.3 Å². The predicted molar refractivity (Wildman–Crippen MR) is 139 cm³/mol. The van der Waals surface area contributed by atoms with Crippen LogP contribution in [0.25, 0.3) is 11.0 Å². The molecule has 0 fully saturated rings. The van der Waals surface area contributed by atoms with Crippen LogP contribution in [0.2, 0.25) is 0 Å². The van der Waals surface area contributed by atoms with E-state index in [1.54, 1.807) is 73.9 Å². The molecule has 9 heteroatoms. The minimum absolute atomic E-state index is 0.00275. The monoisotopic (exact) mass is 560 g/mol. The molecule has 1 aliphatic heterocycles. The zero-order valence-electron chi connectivity index (χ0n) is 19.7. The average Bonchev–Trinajstić information content (AvgIpc) is 3.43. The van der Waals surface area contributed by atoms with Gasteiger partial charge >= 0.3 is 5.97 Å². The van der Waals surface area contributed by atoms with E-state index in [9.17, 15) is 19.5 Å². The maximum Gasteiger partial charge on any atom is 0.310 e. The van der Waals surface area contributed by atoms with Crippen molar-refractivity contribution in [3.8, 4) is 0 Å². The first-order valence-electron chi connectivity index (χ1n) is 11.5. The van der Waals surface area contributed by atoms with E-state index in [-0.39, 0.29) is 30.3 Å². The van der Waals surface area contributed by atoms with Crippen molar-refractivity contribution in [3.63, 3.8) is 0 Å². The summed E-state index contributed by atoms with van der Waals surface area (Å²) in [6.07, 6.45) is 3.21. The zero-order valence-corrected chi connectivity index (χ0v) is 21.3. The Bertz CT molecular complexity index is 1540. The van der Waals surface area contributed by atoms with Crippen LogP contribution in [-0.4, -0.2) is 34.4 Å². The van der Waals surface area contributed by atoms with Crippen molar-refractivity contribution >= 4 is 50.2 Å². The number of fused-ring (bicyclic) bond motifs is 1. The molecular weight excluding hydrogens is 540 g/mol. The first-order chi connectivity index (χ1) is 17.9. The van der Waals surface area contributed by atoms with E-state index in [2.05, 4.69) is 20.9 Å². The van der Waals surface area contributed by atoms with E-state index in [1.165, 1.54) is 4.90 Å². The van der Waals surface area contributed by atoms with Gasteiger partial charge in [-0.15, -0.1) is 0 Å². The number of halogens is 1. The van der Waals surface area contributed by atoms with E-state index >= 15 is 0 Å². The SMILES string of the molecule is CCOC(=O)Cc1ccc(N2C(=O)C(O)=C(C(=O)c3cc4cc(Br)ccc4o3)C2c2cccnc2)cc1. The Morgan fingerprint density at radius 2 is 1.92 bits per heavy atom. The van der Waals surface area contributed by atoms with E-state index in [0.717, 1.165) is 4.47 Å². The summed E-state index contributed by atoms with van der Waals surface area (Å²) in [5.41, 5.74) is 2.08. The maximum absolute atomic E-state index is 13.7. The Labute approximate surface area is 220 Å². The molecule has 1 unspecified atom stereocenters. The number of nitrogens with zero attached hydrogens (tertiary/aromatic N) is 2. The van der Waals surface area contributed by atoms with Crippen molar-refractivity contribution in [3.05, 3.63) is 106 Å². The van der Waals surface area contributed by atoms with Crippen LogP contribution in [0, 0.1) is 0 Å². The van der Waals surface area contributed by atoms with Crippen molar-refractivity contribution < 1.29 is 28.6 Å². The molecule has 1 amide bonds. The number of aromatic nitrogens is 1. The Morgan fingerprint density at radius 1 is 1.14 bits per heavy atom. The fourth-order valence-corrected chi connectivity index (χ4v) is 4.75. The number of esters is 1. The smallest absolute Gasteiger partial charge is 0.310 e. The number of benzene rings is 2. The van der Waals surface area contributed by atoms with Crippen LogP contribution < -0.4 is 4.90 Å². The molecule has 3 heterocycles. The highest BCUT2D eigenvalue weighted by Crippen LogP contribution is 2.42. The molecule has 2 aromatic carbocycles. The standard InChI is InChI=1S/C28H21BrN2O6/c1-2-36-23(32)12-16-5-8-20(9-6-16)31-25(17-4-3-11-30-15-17)24(27(34)28(31)35)26(33)22-14-18-13-19(29)7-10-21(18)37-22/h3-11,13-15,25,34H,2,12H2,1H3. The van der Waals surface area contributed by atoms with Crippen molar-refractivity contribution in [2.45, 2.75) is 19.4 Å². The number of aliphatic hydroxyl groups excluding tert-OH is 1. The Hall–Kier alpha value is -4.24. The highest BCUT2D eigenvalue weighted by Gasteiger charge is 2.45. The number of carbonyl (C=O) groups is 3. The van der Waals surface area contributed by atoms with Crippen LogP contribution in [0.3, 0.4) is 0 Å². The van der Waals surface area contributed by atoms with Crippen LogP contribution in [0.5, 0.6) is 0 Å². The summed E-state index contributed by atoms with van der Waals surface area (Å²) in [5.74, 6) is -2.34. The number of hydrogen-bond donors (Lipinski definition) is 1. The molecule has 1 aliphatic rings. The summed E-state index contributed by atoms with van der Waals surface area (Å²) >= 11 is 3.40. The van der Waals surface area contributed by atoms with Crippen molar-refractivity contribution in [1.82, 2.24) is 4.98 Å². The summed E-state index contributed by atoms with van der Waals surface area (Å²) in [7, 11) is 0. The number of pyridine rings is 1. The van der Waals surface area contributed by atoms with Gasteiger partial charge in [-0.2, -0.15) is 0 Å². The van der Waals surface area contributed by atoms with Gasteiger partial charge in [-0.25, -0.2) is 0 Å². The Kier molecular flexibility index (Phi) is 6.62. The molecule has 37 heavy (non-hydrogen) atoms. The van der Waals surface area contributed by atoms with E-state index < -0.39 is 23.5 Å². The lowest BCUT2D eigenvalue weighted by molar-refractivity contribution is -0.142. The summed E-state index contributed by atoms with van der Waals surface area (Å²) in [6.45, 7) is 2.03. The molecule has 0 aliphatic carbocycles. The third kappa shape index (κ3) is 4.65. The highest BCUT2D eigenvalue weighted by atomic mass is 79.9. The number of hydrogen-bond acceptors (Lipinski definition) is 7. The van der Waals surface area contributed by atoms with Crippen molar-refractivity contribution in [2.24, 2.45) is 0 Å². The van der Waals surface area contributed by atoms with Gasteiger partial charge in [-0.1, -0.05) is 34.1 Å². The molecule has 8 nitrogen and oxygen atoms in total. The third-order valence-corrected chi connectivity index (χ3v) is 6.52. The number of furan rings is 1. The molecule has 0 spiro atoms. The molecular formula is C28H21BrN2O6. The second kappa shape index (κ2) is 10.0. The average molecular weight is 561 g/mol. The van der Waals surface area contributed by atoms with E-state index in [1.807, 2.05) is 6.07 Å². The molecule has 1 N–H and O–H groups in total. The second-order valence-corrected chi connectivity index (χ2v) is 9.31. The normalized spacial score (nSPS) is 15.5. The van der Waals surface area contributed by atoms with Crippen LogP contribution in [0.15, 0.2) is 93.3 Å². The van der Waals surface area contributed by atoms with Gasteiger partial charge in [0.15, 0.2) is 11.5 Å². The molecule has 0 bridgehead atoms. The predicted octanol–water partition coefficient (Wildman–Crippen LogP) is 5.48. The second-order valence-electron chi connectivity index (χ2n) is 8.40. The number of aliphatic hydroxyl groups is 1. The molecule has 0 saturated heterocycles. The number of carbonyl (C=O) groups excluding carboxylic acids is 3. The van der Waals surface area contributed by atoms with Gasteiger partial charge in [0.1, 0.15) is 5.58 Å². The quantitative estimate of drug-likeness (QED) is 0.235. The van der Waals surface area contributed by atoms with E-state index in [0.29, 0.717) is 27.8 Å². The Morgan fingerprint density at radius 3 is 2.62 bits per heavy atom. The minimum Gasteiger partial charge on any atom is -0.503 e. The maximum atomic E-state index is 13.7. The summed E-state index contributed by atoms with van der Waals surface area (Å²) in [6, 6.07) is 16.1. The fourth-order valence-electron chi connectivity index (χ4n) is 4.37. The first-order valence-corrected chi connectivity index (χ1v) is 12.3. The fraction of sp³-hybridized carbons (Fsp3) is 0.143. The number of ketones is 1. The zero-order chi connectivity index (χ0) is 26.1. The third-order valence-electron chi connectivity index (χ3n) is 6.02. The number of anilines is 1. The van der Waals surface area contributed by atoms with Gasteiger partial charge in [-0.05, 0) is 60.5 Å². The van der Waals surface area contributed by atoms with Crippen LogP contribution >= 0.6 is 15.9 Å². The van der Waals surface area contributed by atoms with Gasteiger partial charge in [0, 0.05) is 27.9 Å². The number of amides is 1. The molecule has 5 rings (SSSR count). The van der Waals surface area contributed by atoms with Crippen molar-refractivity contribution in [1.29, 1.82) is 0 Å². The summed E-state index contributed by atoms with van der Waals surface area (Å²) in [4.78, 5) is 44.3. The minimum atomic E-state index is -0.940. The number of rotatable bonds is 7. The lowest BCUT2D eigenvalue weighted by atomic mass is 9.95. The highest BCUT2D eigenvalue weighted by molar-refractivity contribution is 9.10. The molecule has 2 aromatic heterocycles. The van der Waals surface area contributed by atoms with Crippen LogP contribution in [-0.2, 0) is 20.7 Å². The van der Waals surface area contributed by atoms with Crippen LogP contribution in [0.4, 0.5) is 5.69 Å². The van der Waals surface area contributed by atoms with Crippen molar-refractivity contribution in [2.75, 3.05) is 11.5 Å². The number of Topliss-reactive ketones (excluding diaryl/α,β-unsaturated/α-hetero) is 1. The lowest BCUT2D eigenvalue weighted by Crippen LogP contribution is -2.31. The van der Waals surface area contributed by atoms with E-state index in [4.69, 9.17) is 9.15 Å². The van der Waals surface area contributed by atoms with Gasteiger partial charge < -0.3 is 14.3 Å². The van der Waals surface area contributed by atoms with Gasteiger partial charge in [0.25, 0.3) is 5.91 Å². The lowest BCUT2D eigenvalue weighted by Gasteiger charge is -2.26. The summed E-state index contributed by atoms with van der Waals surface area (Å²) in [5, 5.41) is 11.6. The first kappa shape index (κ1) is 24.5. The molecule has 0 radical (unpaired) electrons. The molecule has 0 saturated carbocycles. The number of ether oxygens (including phenoxy) is 1. The summed E-state index contributed by atoms with van der Waals surface area (Å²) < 4.78 is 11.6. The van der Waals surface area contributed by atoms with Crippen LogP contribution in [0.1, 0.15) is 34.6 Å². The largest absolute Gasteiger partial charge is 0.503 e. The molecule has 4 aromatic rings. The molecule has 186 valence electrons. The Balaban J connectivity index is 1.54. The van der Waals surface area contributed by atoms with Gasteiger partial charge in [0.05, 0.1) is 24.6 Å².